The number of anilines is 1. The topological polar surface area (TPSA) is 59.3 Å². The molecule has 110 valence electrons. The van der Waals surface area contributed by atoms with Crippen LogP contribution in [0.4, 0.5) is 5.69 Å². The lowest BCUT2D eigenvalue weighted by Crippen LogP contribution is -2.25. The number of nitrogens with zero attached hydrogens (tertiary/aromatic N) is 2. The molecule has 0 amide bonds. The van der Waals surface area contributed by atoms with Crippen molar-refractivity contribution >= 4 is 5.69 Å². The van der Waals surface area contributed by atoms with E-state index in [2.05, 4.69) is 24.3 Å². The number of aliphatic hydroxyl groups is 1. The maximum absolute atomic E-state index is 9.80. The molecule has 1 atom stereocenters. The first kappa shape index (κ1) is 16.0. The Labute approximate surface area is 116 Å². The summed E-state index contributed by atoms with van der Waals surface area (Å²) in [7, 11) is 1.88. The highest BCUT2D eigenvalue weighted by Crippen LogP contribution is 2.11. The number of aliphatic hydroxyl groups excluding tert-OH is 1. The first-order valence-corrected chi connectivity index (χ1v) is 6.99. The standard InChI is InChI=1S/C14H27N3O2/c1-11(2)6-5-7-19-10-13(18)8-15-14-9-17(4)16-12(14)3/h9,11,13,15,18H,5-8,10H2,1-4H3. The molecule has 0 saturated heterocycles. The van der Waals surface area contributed by atoms with Crippen molar-refractivity contribution in [2.24, 2.45) is 13.0 Å². The Morgan fingerprint density at radius 2 is 2.21 bits per heavy atom. The first-order valence-electron chi connectivity index (χ1n) is 6.99. The van der Waals surface area contributed by atoms with Gasteiger partial charge < -0.3 is 15.2 Å². The fourth-order valence-electron chi connectivity index (χ4n) is 1.87. The van der Waals surface area contributed by atoms with Crippen molar-refractivity contribution in [3.8, 4) is 0 Å². The Hall–Kier alpha value is -1.07. The predicted octanol–water partition coefficient (Wildman–Crippen LogP) is 1.95. The van der Waals surface area contributed by atoms with E-state index in [0.29, 0.717) is 19.1 Å². The van der Waals surface area contributed by atoms with Crippen LogP contribution in [-0.2, 0) is 11.8 Å². The first-order chi connectivity index (χ1) is 8.99. The zero-order valence-electron chi connectivity index (χ0n) is 12.5. The van der Waals surface area contributed by atoms with E-state index in [0.717, 1.165) is 24.4 Å². The van der Waals surface area contributed by atoms with Gasteiger partial charge in [-0.25, -0.2) is 0 Å². The van der Waals surface area contributed by atoms with E-state index in [4.69, 9.17) is 4.74 Å². The number of aromatic nitrogens is 2. The van der Waals surface area contributed by atoms with Crippen LogP contribution in [-0.4, -0.2) is 40.7 Å². The molecule has 1 unspecified atom stereocenters. The van der Waals surface area contributed by atoms with Crippen LogP contribution in [0.15, 0.2) is 6.20 Å². The monoisotopic (exact) mass is 269 g/mol. The molecule has 1 aromatic rings. The second kappa shape index (κ2) is 8.17. The van der Waals surface area contributed by atoms with Crippen LogP contribution in [0.2, 0.25) is 0 Å². The fourth-order valence-corrected chi connectivity index (χ4v) is 1.87. The maximum Gasteiger partial charge on any atom is 0.0945 e. The van der Waals surface area contributed by atoms with Crippen molar-refractivity contribution in [2.75, 3.05) is 25.1 Å². The third kappa shape index (κ3) is 6.59. The van der Waals surface area contributed by atoms with Crippen molar-refractivity contribution < 1.29 is 9.84 Å². The molecule has 0 aliphatic heterocycles. The van der Waals surface area contributed by atoms with Crippen molar-refractivity contribution in [2.45, 2.75) is 39.7 Å². The lowest BCUT2D eigenvalue weighted by atomic mass is 10.1. The molecule has 0 fully saturated rings. The SMILES string of the molecule is Cc1nn(C)cc1NCC(O)COCCCC(C)C. The second-order valence-corrected chi connectivity index (χ2v) is 5.45. The number of nitrogens with one attached hydrogen (secondary N) is 1. The molecule has 0 aromatic carbocycles. The van der Waals surface area contributed by atoms with E-state index in [1.807, 2.05) is 20.2 Å². The van der Waals surface area contributed by atoms with E-state index < -0.39 is 6.10 Å². The third-order valence-electron chi connectivity index (χ3n) is 2.92. The van der Waals surface area contributed by atoms with Crippen LogP contribution in [0.25, 0.3) is 0 Å². The summed E-state index contributed by atoms with van der Waals surface area (Å²) in [6.45, 7) is 7.93. The zero-order valence-corrected chi connectivity index (χ0v) is 12.5. The van der Waals surface area contributed by atoms with Crippen LogP contribution in [0.1, 0.15) is 32.4 Å². The Morgan fingerprint density at radius 1 is 1.47 bits per heavy atom. The highest BCUT2D eigenvalue weighted by atomic mass is 16.5. The fraction of sp³-hybridized carbons (Fsp3) is 0.786. The zero-order chi connectivity index (χ0) is 14.3. The Bertz CT molecular complexity index is 364. The molecule has 19 heavy (non-hydrogen) atoms. The Kier molecular flexibility index (Phi) is 6.87. The average Bonchev–Trinajstić information content (AvgIpc) is 2.64. The van der Waals surface area contributed by atoms with Crippen LogP contribution in [0.3, 0.4) is 0 Å². The molecule has 1 rings (SSSR count). The summed E-state index contributed by atoms with van der Waals surface area (Å²) in [4.78, 5) is 0. The van der Waals surface area contributed by atoms with E-state index in [1.165, 1.54) is 6.42 Å². The van der Waals surface area contributed by atoms with Crippen LogP contribution in [0.5, 0.6) is 0 Å². The highest BCUT2D eigenvalue weighted by molar-refractivity contribution is 5.45. The molecule has 1 aromatic heterocycles. The summed E-state index contributed by atoms with van der Waals surface area (Å²) in [5, 5.41) is 17.2. The van der Waals surface area contributed by atoms with Gasteiger partial charge in [0.25, 0.3) is 0 Å². The summed E-state index contributed by atoms with van der Waals surface area (Å²) < 4.78 is 7.22. The minimum Gasteiger partial charge on any atom is -0.389 e. The smallest absolute Gasteiger partial charge is 0.0945 e. The van der Waals surface area contributed by atoms with Gasteiger partial charge in [0.2, 0.25) is 0 Å². The van der Waals surface area contributed by atoms with Gasteiger partial charge in [0.05, 0.1) is 24.1 Å². The molecule has 0 radical (unpaired) electrons. The third-order valence-corrected chi connectivity index (χ3v) is 2.92. The Morgan fingerprint density at radius 3 is 2.79 bits per heavy atom. The second-order valence-electron chi connectivity index (χ2n) is 5.45. The summed E-state index contributed by atoms with van der Waals surface area (Å²) in [6, 6.07) is 0. The van der Waals surface area contributed by atoms with Gasteiger partial charge in [0, 0.05) is 26.4 Å². The number of hydrogen-bond acceptors (Lipinski definition) is 4. The molecule has 0 aliphatic carbocycles. The van der Waals surface area contributed by atoms with Crippen LogP contribution < -0.4 is 5.32 Å². The minimum atomic E-state index is -0.487. The maximum atomic E-state index is 9.80. The minimum absolute atomic E-state index is 0.379. The van der Waals surface area contributed by atoms with Gasteiger partial charge in [0.15, 0.2) is 0 Å². The predicted molar refractivity (Wildman–Crippen MR) is 77.3 cm³/mol. The lowest BCUT2D eigenvalue weighted by molar-refractivity contribution is 0.0409. The molecule has 2 N–H and O–H groups in total. The molecular weight excluding hydrogens is 242 g/mol. The largest absolute Gasteiger partial charge is 0.389 e. The van der Waals surface area contributed by atoms with Gasteiger partial charge in [-0.1, -0.05) is 13.8 Å². The van der Waals surface area contributed by atoms with Gasteiger partial charge in [-0.05, 0) is 25.7 Å². The van der Waals surface area contributed by atoms with Crippen LogP contribution in [0, 0.1) is 12.8 Å². The molecule has 0 aliphatic rings. The van der Waals surface area contributed by atoms with Crippen LogP contribution >= 0.6 is 0 Å². The van der Waals surface area contributed by atoms with Crippen molar-refractivity contribution in [1.82, 2.24) is 9.78 Å². The van der Waals surface area contributed by atoms with E-state index in [1.54, 1.807) is 4.68 Å². The number of rotatable bonds is 9. The Balaban J connectivity index is 2.11. The quantitative estimate of drug-likeness (QED) is 0.673. The van der Waals surface area contributed by atoms with Crippen molar-refractivity contribution in [3.05, 3.63) is 11.9 Å². The molecule has 5 heteroatoms. The van der Waals surface area contributed by atoms with Gasteiger partial charge in [0.1, 0.15) is 0 Å². The normalized spacial score (nSPS) is 12.9. The van der Waals surface area contributed by atoms with Crippen molar-refractivity contribution in [1.29, 1.82) is 0 Å². The molecule has 1 heterocycles. The molecule has 0 spiro atoms. The average molecular weight is 269 g/mol. The number of hydrogen-bond donors (Lipinski definition) is 2. The number of ether oxygens (including phenoxy) is 1. The van der Waals surface area contributed by atoms with Gasteiger partial charge >= 0.3 is 0 Å². The molecular formula is C14H27N3O2. The summed E-state index contributed by atoms with van der Waals surface area (Å²) in [6.07, 6.45) is 3.65. The number of aryl methyl sites for hydroxylation is 2. The summed E-state index contributed by atoms with van der Waals surface area (Å²) in [5.74, 6) is 0.712. The highest BCUT2D eigenvalue weighted by Gasteiger charge is 2.07. The van der Waals surface area contributed by atoms with E-state index >= 15 is 0 Å². The summed E-state index contributed by atoms with van der Waals surface area (Å²) >= 11 is 0. The molecule has 5 nitrogen and oxygen atoms in total. The lowest BCUT2D eigenvalue weighted by Gasteiger charge is -2.13. The van der Waals surface area contributed by atoms with Gasteiger partial charge in [-0.15, -0.1) is 0 Å². The van der Waals surface area contributed by atoms with Gasteiger partial charge in [-0.3, -0.25) is 4.68 Å². The molecule has 0 bridgehead atoms. The van der Waals surface area contributed by atoms with Crippen molar-refractivity contribution in [3.63, 3.8) is 0 Å². The van der Waals surface area contributed by atoms with E-state index in [9.17, 15) is 5.11 Å². The summed E-state index contributed by atoms with van der Waals surface area (Å²) in [5.41, 5.74) is 1.90. The van der Waals surface area contributed by atoms with Gasteiger partial charge in [-0.2, -0.15) is 5.10 Å². The van der Waals surface area contributed by atoms with E-state index in [-0.39, 0.29) is 0 Å². The molecule has 0 saturated carbocycles.